The lowest BCUT2D eigenvalue weighted by molar-refractivity contribution is -0.107. The first kappa shape index (κ1) is 19.1. The Morgan fingerprint density at radius 1 is 0.862 bits per heavy atom. The monoisotopic (exact) mass is 418 g/mol. The second-order valence-corrected chi connectivity index (χ2v) is 8.23. The van der Waals surface area contributed by atoms with Gasteiger partial charge in [-0.3, -0.25) is 14.4 Å². The summed E-state index contributed by atoms with van der Waals surface area (Å²) < 4.78 is 0.722. The van der Waals surface area contributed by atoms with Crippen molar-refractivity contribution in [3.8, 4) is 5.06 Å². The number of ketones is 1. The maximum atomic E-state index is 12.5. The molecule has 0 spiro atoms. The van der Waals surface area contributed by atoms with Gasteiger partial charge in [0.15, 0.2) is 16.3 Å². The van der Waals surface area contributed by atoms with Crippen molar-refractivity contribution in [3.05, 3.63) is 99.8 Å². The Kier molecular flexibility index (Phi) is 5.29. The normalized spacial score (nSPS) is 15.7. The maximum Gasteiger partial charge on any atom is 0.228 e. The fourth-order valence-electron chi connectivity index (χ4n) is 2.94. The van der Waals surface area contributed by atoms with Crippen molar-refractivity contribution in [3.63, 3.8) is 0 Å². The molecular weight excluding hydrogens is 404 g/mol. The van der Waals surface area contributed by atoms with Crippen LogP contribution in [0.2, 0.25) is 0 Å². The van der Waals surface area contributed by atoms with Crippen LogP contribution < -0.4 is 5.43 Å². The average molecular weight is 418 g/mol. The molecule has 0 amide bonds. The van der Waals surface area contributed by atoms with Gasteiger partial charge in [0, 0.05) is 20.5 Å². The fourth-order valence-corrected chi connectivity index (χ4v) is 4.72. The van der Waals surface area contributed by atoms with E-state index in [9.17, 15) is 19.5 Å². The molecule has 0 radical (unpaired) electrons. The predicted molar refractivity (Wildman–Crippen MR) is 118 cm³/mol. The minimum Gasteiger partial charge on any atom is -0.499 e. The van der Waals surface area contributed by atoms with Crippen LogP contribution in [0.15, 0.2) is 88.1 Å². The first-order valence-corrected chi connectivity index (χ1v) is 10.4. The Balaban J connectivity index is 1.58. The molecule has 1 aromatic heterocycles. The average Bonchev–Trinajstić information content (AvgIpc) is 2.72. The Hall–Kier alpha value is -3.22. The summed E-state index contributed by atoms with van der Waals surface area (Å²) in [5, 5.41) is 10.4. The van der Waals surface area contributed by atoms with E-state index in [1.54, 1.807) is 60.7 Å². The maximum absolute atomic E-state index is 12.5. The molecular formula is C23H14O4S2. The third kappa shape index (κ3) is 3.72. The number of thioether (sulfide) groups is 1. The highest BCUT2D eigenvalue weighted by Gasteiger charge is 2.28. The fraction of sp³-hybridized carbons (Fsp3) is 0. The largest absolute Gasteiger partial charge is 0.499 e. The SMILES string of the molecule is O=C1Sc2ccccc2C(=O)/C1=C/C=CC=Cc1c(O)sc2ccccc2c1=O. The van der Waals surface area contributed by atoms with Gasteiger partial charge in [-0.2, -0.15) is 0 Å². The molecule has 1 N–H and O–H groups in total. The molecule has 0 atom stereocenters. The molecule has 6 heteroatoms. The van der Waals surface area contributed by atoms with E-state index in [-0.39, 0.29) is 32.5 Å². The molecule has 0 saturated heterocycles. The number of benzene rings is 2. The van der Waals surface area contributed by atoms with E-state index in [1.165, 1.54) is 12.2 Å². The zero-order valence-electron chi connectivity index (χ0n) is 15.0. The zero-order chi connectivity index (χ0) is 20.4. The van der Waals surface area contributed by atoms with Crippen LogP contribution in [-0.2, 0) is 4.79 Å². The van der Waals surface area contributed by atoms with Crippen LogP contribution in [0.3, 0.4) is 0 Å². The van der Waals surface area contributed by atoms with Gasteiger partial charge in [-0.25, -0.2) is 0 Å². The van der Waals surface area contributed by atoms with Crippen LogP contribution in [0.1, 0.15) is 15.9 Å². The summed E-state index contributed by atoms with van der Waals surface area (Å²) in [4.78, 5) is 37.9. The molecule has 0 aliphatic carbocycles. The van der Waals surface area contributed by atoms with Crippen molar-refractivity contribution < 1.29 is 14.7 Å². The summed E-state index contributed by atoms with van der Waals surface area (Å²) in [5.41, 5.74) is 0.593. The highest BCUT2D eigenvalue weighted by molar-refractivity contribution is 8.14. The molecule has 142 valence electrons. The molecule has 4 nitrogen and oxygen atoms in total. The third-order valence-electron chi connectivity index (χ3n) is 4.36. The van der Waals surface area contributed by atoms with Crippen LogP contribution in [0, 0.1) is 0 Å². The van der Waals surface area contributed by atoms with Crippen molar-refractivity contribution >= 4 is 50.2 Å². The quantitative estimate of drug-likeness (QED) is 0.369. The number of carbonyl (C=O) groups excluding carboxylic acids is 2. The molecule has 4 rings (SSSR count). The molecule has 29 heavy (non-hydrogen) atoms. The highest BCUT2D eigenvalue weighted by atomic mass is 32.2. The van der Waals surface area contributed by atoms with E-state index in [0.29, 0.717) is 15.8 Å². The number of carbonyl (C=O) groups is 2. The summed E-state index contributed by atoms with van der Waals surface area (Å²) in [6.07, 6.45) is 7.76. The van der Waals surface area contributed by atoms with E-state index in [1.807, 2.05) is 6.07 Å². The summed E-state index contributed by atoms with van der Waals surface area (Å²) in [6, 6.07) is 14.1. The number of rotatable bonds is 3. The van der Waals surface area contributed by atoms with Gasteiger partial charge in [0.25, 0.3) is 0 Å². The number of aromatic hydroxyl groups is 1. The first-order valence-electron chi connectivity index (χ1n) is 8.72. The lowest BCUT2D eigenvalue weighted by Crippen LogP contribution is -2.16. The molecule has 1 aliphatic rings. The Morgan fingerprint density at radius 2 is 1.62 bits per heavy atom. The van der Waals surface area contributed by atoms with Crippen molar-refractivity contribution in [2.75, 3.05) is 0 Å². The Bertz CT molecular complexity index is 1300. The highest BCUT2D eigenvalue weighted by Crippen LogP contribution is 2.33. The van der Waals surface area contributed by atoms with Crippen molar-refractivity contribution in [1.82, 2.24) is 0 Å². The van der Waals surface area contributed by atoms with E-state index < -0.39 is 0 Å². The first-order chi connectivity index (χ1) is 14.1. The number of hydrogen-bond donors (Lipinski definition) is 1. The van der Waals surface area contributed by atoms with Gasteiger partial charge < -0.3 is 5.11 Å². The Morgan fingerprint density at radius 3 is 2.48 bits per heavy atom. The molecule has 1 aliphatic heterocycles. The molecule has 0 fully saturated rings. The van der Waals surface area contributed by atoms with Crippen LogP contribution in [0.5, 0.6) is 5.06 Å². The summed E-state index contributed by atoms with van der Waals surface area (Å²) >= 11 is 2.18. The lowest BCUT2D eigenvalue weighted by Gasteiger charge is -2.14. The van der Waals surface area contributed by atoms with E-state index in [0.717, 1.165) is 27.8 Å². The third-order valence-corrected chi connectivity index (χ3v) is 6.33. The standard InChI is InChI=1S/C23H14O4S2/c24-20-14-8-4-6-12-18(14)28-22(26)16(20)10-2-1-3-11-17-21(25)15-9-5-7-13-19(15)29-23(17)27/h1-13,26H/b3-1?,10-2?,17-11-. The minimum absolute atomic E-state index is 0.0534. The van der Waals surface area contributed by atoms with E-state index >= 15 is 0 Å². The Labute approximate surface area is 174 Å². The predicted octanol–water partition coefficient (Wildman–Crippen LogP) is 4.98. The zero-order valence-corrected chi connectivity index (χ0v) is 16.6. The van der Waals surface area contributed by atoms with Gasteiger partial charge in [0.1, 0.15) is 0 Å². The summed E-state index contributed by atoms with van der Waals surface area (Å²) in [7, 11) is 0. The van der Waals surface area contributed by atoms with E-state index in [4.69, 9.17) is 0 Å². The summed E-state index contributed by atoms with van der Waals surface area (Å²) in [6.45, 7) is 0. The van der Waals surface area contributed by atoms with Crippen molar-refractivity contribution in [1.29, 1.82) is 0 Å². The van der Waals surface area contributed by atoms with Gasteiger partial charge in [-0.1, -0.05) is 53.8 Å². The number of allylic oxidation sites excluding steroid dienone is 4. The molecule has 3 aromatic rings. The second kappa shape index (κ2) is 8.03. The van der Waals surface area contributed by atoms with Crippen LogP contribution in [-0.4, -0.2) is 16.0 Å². The van der Waals surface area contributed by atoms with Gasteiger partial charge in [-0.15, -0.1) is 0 Å². The number of hydrogen-bond acceptors (Lipinski definition) is 6. The number of Topliss-reactive ketones (excluding diaryl/α,β-unsaturated/α-hetero) is 1. The van der Waals surface area contributed by atoms with Gasteiger partial charge in [-0.05, 0) is 48.2 Å². The minimum atomic E-state index is -0.297. The molecule has 0 unspecified atom stereocenters. The van der Waals surface area contributed by atoms with Gasteiger partial charge >= 0.3 is 0 Å². The molecule has 0 saturated carbocycles. The van der Waals surface area contributed by atoms with Crippen LogP contribution in [0.4, 0.5) is 0 Å². The molecule has 2 heterocycles. The van der Waals surface area contributed by atoms with Gasteiger partial charge in [0.2, 0.25) is 5.12 Å². The lowest BCUT2D eigenvalue weighted by atomic mass is 10.0. The molecule has 2 aromatic carbocycles. The second-order valence-electron chi connectivity index (χ2n) is 6.19. The van der Waals surface area contributed by atoms with Gasteiger partial charge in [0.05, 0.1) is 11.1 Å². The summed E-state index contributed by atoms with van der Waals surface area (Å²) in [5.74, 6) is -0.297. The number of fused-ring (bicyclic) bond motifs is 2. The van der Waals surface area contributed by atoms with Crippen LogP contribution in [0.25, 0.3) is 16.2 Å². The van der Waals surface area contributed by atoms with E-state index in [2.05, 4.69) is 0 Å². The van der Waals surface area contributed by atoms with Crippen molar-refractivity contribution in [2.45, 2.75) is 4.90 Å². The van der Waals surface area contributed by atoms with Crippen LogP contribution >= 0.6 is 23.1 Å². The topological polar surface area (TPSA) is 71.4 Å². The smallest absolute Gasteiger partial charge is 0.228 e. The van der Waals surface area contributed by atoms with Crippen molar-refractivity contribution in [2.24, 2.45) is 0 Å². The molecule has 0 bridgehead atoms.